The molecule has 1 heterocycles. The molecule has 7 nitrogen and oxygen atoms in total. The first kappa shape index (κ1) is 17.6. The summed E-state index contributed by atoms with van der Waals surface area (Å²) >= 11 is 7.40. The molecule has 1 aromatic rings. The summed E-state index contributed by atoms with van der Waals surface area (Å²) in [5.74, 6) is 0.126. The first-order valence-corrected chi connectivity index (χ1v) is 8.33. The first-order valence-electron chi connectivity index (χ1n) is 4.71. The highest BCUT2D eigenvalue weighted by Gasteiger charge is 2.15. The number of methoxy groups -OCH3 is 1. The van der Waals surface area contributed by atoms with E-state index in [-0.39, 0.29) is 16.8 Å². The van der Waals surface area contributed by atoms with Gasteiger partial charge in [-0.15, -0.1) is 9.80 Å². The van der Waals surface area contributed by atoms with Crippen molar-refractivity contribution in [2.45, 2.75) is 6.42 Å². The smallest absolute Gasteiger partial charge is 0.329 e. The number of ether oxygens (including phenoxy) is 1. The van der Waals surface area contributed by atoms with Gasteiger partial charge < -0.3 is 10.1 Å². The third kappa shape index (κ3) is 6.52. The van der Waals surface area contributed by atoms with Crippen molar-refractivity contribution in [3.8, 4) is 0 Å². The molecule has 0 aliphatic heterocycles. The van der Waals surface area contributed by atoms with E-state index in [4.69, 9.17) is 16.3 Å². The molecule has 18 heavy (non-hydrogen) atoms. The summed E-state index contributed by atoms with van der Waals surface area (Å²) in [4.78, 5) is 17.4. The minimum Gasteiger partial charge on any atom is -0.385 e. The normalized spacial score (nSPS) is 9.33. The van der Waals surface area contributed by atoms with E-state index in [1.165, 1.54) is 0 Å². The van der Waals surface area contributed by atoms with Gasteiger partial charge >= 0.3 is 5.69 Å². The molecular weight excluding hydrogens is 395 g/mol. The number of aromatic nitrogens is 2. The highest BCUT2D eigenvalue weighted by molar-refractivity contribution is 14.2. The molecule has 0 aliphatic carbocycles. The Hall–Kier alpha value is -0.390. The fourth-order valence-corrected chi connectivity index (χ4v) is 1.17. The molecule has 1 rings (SSSR count). The van der Waals surface area contributed by atoms with Crippen molar-refractivity contribution in [1.82, 2.24) is 9.97 Å². The van der Waals surface area contributed by atoms with Gasteiger partial charge in [-0.05, 0) is 39.2 Å². The number of anilines is 1. The highest BCUT2D eigenvalue weighted by Crippen LogP contribution is 2.21. The monoisotopic (exact) mass is 406 g/mol. The van der Waals surface area contributed by atoms with Gasteiger partial charge in [-0.1, -0.05) is 0 Å². The Morgan fingerprint density at radius 1 is 1.67 bits per heavy atom. The molecule has 1 aromatic heterocycles. The maximum absolute atomic E-state index is 10.6. The molecule has 1 N–H and O–H groups in total. The topological polar surface area (TPSA) is 90.2 Å². The zero-order chi connectivity index (χ0) is 14.0. The molecule has 0 saturated carbocycles. The van der Waals surface area contributed by atoms with Crippen LogP contribution in [0.5, 0.6) is 0 Å². The molecule has 0 radical (unpaired) electrons. The van der Waals surface area contributed by atoms with Gasteiger partial charge in [-0.25, -0.2) is 4.98 Å². The molecule has 0 unspecified atom stereocenters. The Balaban J connectivity index is 0.00000137. The summed E-state index contributed by atoms with van der Waals surface area (Å²) in [6.45, 7) is 1.08. The van der Waals surface area contributed by atoms with Gasteiger partial charge in [0.15, 0.2) is 0 Å². The lowest BCUT2D eigenvalue weighted by Crippen LogP contribution is -2.08. The molecule has 0 saturated heterocycles. The quantitative estimate of drug-likeness (QED) is 0.189. The van der Waals surface area contributed by atoms with E-state index in [0.29, 0.717) is 13.2 Å². The van der Waals surface area contributed by atoms with Gasteiger partial charge in [0.1, 0.15) is 6.20 Å². The van der Waals surface area contributed by atoms with Crippen LogP contribution in [0.15, 0.2) is 6.20 Å². The Kier molecular flexibility index (Phi) is 10.3. The van der Waals surface area contributed by atoms with Crippen LogP contribution in [0.25, 0.3) is 0 Å². The number of nitro groups is 1. The van der Waals surface area contributed by atoms with Crippen LogP contribution in [0.3, 0.4) is 0 Å². The fraction of sp³-hybridized carbons (Fsp3) is 0.500. The average molecular weight is 407 g/mol. The van der Waals surface area contributed by atoms with Gasteiger partial charge in [-0.3, -0.25) is 10.1 Å². The average Bonchev–Trinajstić information content (AvgIpc) is 2.37. The second kappa shape index (κ2) is 10.5. The van der Waals surface area contributed by atoms with E-state index in [1.54, 1.807) is 7.11 Å². The SMILES string of the molecule is COCCCNc1nc(Cl)ncc1[N+](=O)[O-].SI. The number of nitrogens with one attached hydrogen (secondary N) is 1. The van der Waals surface area contributed by atoms with E-state index in [1.807, 2.05) is 21.2 Å². The van der Waals surface area contributed by atoms with Crippen LogP contribution < -0.4 is 5.32 Å². The number of thiol groups is 1. The van der Waals surface area contributed by atoms with Crippen LogP contribution in [0, 0.1) is 10.1 Å². The molecule has 102 valence electrons. The summed E-state index contributed by atoms with van der Waals surface area (Å²) < 4.78 is 4.85. The first-order chi connectivity index (χ1) is 8.65. The second-order valence-electron chi connectivity index (χ2n) is 2.90. The predicted molar refractivity (Wildman–Crippen MR) is 81.7 cm³/mol. The summed E-state index contributed by atoms with van der Waals surface area (Å²) in [6.07, 6.45) is 1.79. The van der Waals surface area contributed by atoms with Crippen LogP contribution in [-0.2, 0) is 4.74 Å². The Labute approximate surface area is 127 Å². The van der Waals surface area contributed by atoms with Crippen LogP contribution >= 0.6 is 42.6 Å². The van der Waals surface area contributed by atoms with Gasteiger partial charge in [0.2, 0.25) is 11.1 Å². The van der Waals surface area contributed by atoms with Crippen molar-refractivity contribution < 1.29 is 9.66 Å². The largest absolute Gasteiger partial charge is 0.385 e. The van der Waals surface area contributed by atoms with Crippen molar-refractivity contribution in [3.05, 3.63) is 21.6 Å². The second-order valence-corrected chi connectivity index (χ2v) is 3.24. The lowest BCUT2D eigenvalue weighted by molar-refractivity contribution is -0.384. The van der Waals surface area contributed by atoms with Crippen molar-refractivity contribution in [2.24, 2.45) is 0 Å². The summed E-state index contributed by atoms with van der Waals surface area (Å²) in [5.41, 5.74) is -0.193. The van der Waals surface area contributed by atoms with E-state index >= 15 is 0 Å². The molecular formula is C8H12ClIN4O3S. The van der Waals surface area contributed by atoms with Crippen molar-refractivity contribution in [3.63, 3.8) is 0 Å². The molecule has 0 bridgehead atoms. The van der Waals surface area contributed by atoms with Gasteiger partial charge in [0.05, 0.1) is 4.92 Å². The molecule has 0 atom stereocenters. The summed E-state index contributed by atoms with van der Waals surface area (Å²) in [6, 6.07) is 0. The van der Waals surface area contributed by atoms with E-state index < -0.39 is 4.92 Å². The van der Waals surface area contributed by atoms with Gasteiger partial charge in [0, 0.05) is 20.3 Å². The van der Waals surface area contributed by atoms with E-state index in [2.05, 4.69) is 25.1 Å². The van der Waals surface area contributed by atoms with Crippen LogP contribution in [0.2, 0.25) is 5.28 Å². The van der Waals surface area contributed by atoms with Crippen LogP contribution in [0.4, 0.5) is 11.5 Å². The minimum absolute atomic E-state index is 0.0279. The number of nitrogens with zero attached hydrogens (tertiary/aromatic N) is 3. The van der Waals surface area contributed by atoms with Crippen molar-refractivity contribution in [1.29, 1.82) is 0 Å². The Bertz CT molecular complexity index is 385. The van der Waals surface area contributed by atoms with Crippen molar-refractivity contribution >= 4 is 54.1 Å². The standard InChI is InChI=1S/C8H11ClN4O3.HIS/c1-16-4-2-3-10-7-6(13(14)15)5-11-8(9)12-7;1-2/h5H,2-4H2,1H3,(H,10,11,12);2H. The minimum atomic E-state index is -0.561. The van der Waals surface area contributed by atoms with Gasteiger partial charge in [0.25, 0.3) is 0 Å². The molecule has 0 amide bonds. The summed E-state index contributed by atoms with van der Waals surface area (Å²) in [5, 5.41) is 13.4. The summed E-state index contributed by atoms with van der Waals surface area (Å²) in [7, 11) is 5.09. The predicted octanol–water partition coefficient (Wildman–Crippen LogP) is 2.75. The number of hydrogen-bond acceptors (Lipinski definition) is 7. The third-order valence-corrected chi connectivity index (χ3v) is 1.94. The highest BCUT2D eigenvalue weighted by atomic mass is 127. The number of halogens is 2. The molecule has 0 aliphatic rings. The maximum atomic E-state index is 10.6. The Morgan fingerprint density at radius 3 is 2.89 bits per heavy atom. The number of hydrogen-bond donors (Lipinski definition) is 2. The maximum Gasteiger partial charge on any atom is 0.329 e. The molecule has 0 spiro atoms. The zero-order valence-electron chi connectivity index (χ0n) is 9.47. The lowest BCUT2D eigenvalue weighted by Gasteiger charge is -2.05. The van der Waals surface area contributed by atoms with Crippen LogP contribution in [-0.4, -0.2) is 35.2 Å². The number of rotatable bonds is 6. The molecule has 0 aromatic carbocycles. The lowest BCUT2D eigenvalue weighted by atomic mass is 10.4. The Morgan fingerprint density at radius 2 is 2.33 bits per heavy atom. The van der Waals surface area contributed by atoms with Crippen molar-refractivity contribution in [2.75, 3.05) is 25.6 Å². The van der Waals surface area contributed by atoms with E-state index in [9.17, 15) is 10.1 Å². The van der Waals surface area contributed by atoms with Crippen LogP contribution in [0.1, 0.15) is 6.42 Å². The zero-order valence-corrected chi connectivity index (χ0v) is 13.3. The van der Waals surface area contributed by atoms with E-state index in [0.717, 1.165) is 12.6 Å². The van der Waals surface area contributed by atoms with Gasteiger partial charge in [-0.2, -0.15) is 4.98 Å². The molecule has 10 heteroatoms. The third-order valence-electron chi connectivity index (χ3n) is 1.75. The molecule has 0 fully saturated rings. The fourth-order valence-electron chi connectivity index (χ4n) is 1.04.